The van der Waals surface area contributed by atoms with Gasteiger partial charge in [-0.15, -0.1) is 0 Å². The van der Waals surface area contributed by atoms with E-state index in [1.54, 1.807) is 34.1 Å². The van der Waals surface area contributed by atoms with Gasteiger partial charge in [0.15, 0.2) is 0 Å². The molecule has 0 unspecified atom stereocenters. The van der Waals surface area contributed by atoms with E-state index in [2.05, 4.69) is 10.3 Å². The lowest BCUT2D eigenvalue weighted by atomic mass is 9.73. The Morgan fingerprint density at radius 1 is 0.980 bits per heavy atom. The Labute approximate surface area is 285 Å². The number of phenolic OH excluding ortho intramolecular Hbond substituents is 1. The maximum absolute atomic E-state index is 13.2. The summed E-state index contributed by atoms with van der Waals surface area (Å²) in [5.74, 6) is -0.994. The number of carboxylic acid groups (broad SMARTS) is 1. The van der Waals surface area contributed by atoms with E-state index in [-0.39, 0.29) is 35.2 Å². The van der Waals surface area contributed by atoms with Gasteiger partial charge in [-0.05, 0) is 80.1 Å². The number of rotatable bonds is 14. The standard InChI is InChI=1S/C38H44N4O7/c1-2-41(22-6-21-39-25-32(44)29-14-16-31(43)35-30(29)15-17-33(45)40-35)36(47)27-12-9-26(10-13-27)11-18-34(46)42-23-19-38(20-24-42,37(48)49)28-7-4-3-5-8-28/h3-5,7-10,12-17,32,39,43-44H,2,6,11,18-25H2,1H3,(H,40,45)(H,48,49)/t32-/m0/s1. The van der Waals surface area contributed by atoms with Crippen LogP contribution < -0.4 is 10.9 Å². The minimum absolute atomic E-state index is 0.00162. The summed E-state index contributed by atoms with van der Waals surface area (Å²) in [6.45, 7) is 4.62. The molecule has 3 aromatic carbocycles. The molecule has 0 radical (unpaired) electrons. The van der Waals surface area contributed by atoms with E-state index in [9.17, 15) is 34.5 Å². The smallest absolute Gasteiger partial charge is 0.314 e. The molecule has 0 aliphatic carbocycles. The lowest BCUT2D eigenvalue weighted by Crippen LogP contribution is -2.49. The number of pyridine rings is 1. The number of phenols is 1. The van der Waals surface area contributed by atoms with Gasteiger partial charge >= 0.3 is 5.97 Å². The summed E-state index contributed by atoms with van der Waals surface area (Å²) in [5.41, 5.74) is 1.86. The SMILES string of the molecule is CCN(CCCNC[C@H](O)c1ccc(O)c2[nH]c(=O)ccc12)C(=O)c1ccc(CCC(=O)N2CCC(C(=O)O)(c3ccccc3)CC2)cc1. The normalized spacial score (nSPS) is 14.8. The molecule has 5 N–H and O–H groups in total. The van der Waals surface area contributed by atoms with E-state index in [1.165, 1.54) is 12.1 Å². The topological polar surface area (TPSA) is 163 Å². The van der Waals surface area contributed by atoms with Gasteiger partial charge in [0, 0.05) is 56.2 Å². The fraction of sp³-hybridized carbons (Fsp3) is 0.368. The molecule has 0 spiro atoms. The minimum Gasteiger partial charge on any atom is -0.506 e. The molecular formula is C38H44N4O7. The Balaban J connectivity index is 1.05. The number of aryl methyl sites for hydroxylation is 1. The van der Waals surface area contributed by atoms with Crippen molar-refractivity contribution < 1.29 is 29.7 Å². The number of hydrogen-bond donors (Lipinski definition) is 5. The third kappa shape index (κ3) is 8.18. The molecule has 1 aromatic heterocycles. The predicted octanol–water partition coefficient (Wildman–Crippen LogP) is 3.99. The lowest BCUT2D eigenvalue weighted by Gasteiger charge is -2.39. The van der Waals surface area contributed by atoms with Crippen LogP contribution in [0.2, 0.25) is 0 Å². The second-order valence-corrected chi connectivity index (χ2v) is 12.6. The van der Waals surface area contributed by atoms with Crippen LogP contribution in [0.4, 0.5) is 0 Å². The first-order valence-corrected chi connectivity index (χ1v) is 16.8. The first-order chi connectivity index (χ1) is 23.6. The summed E-state index contributed by atoms with van der Waals surface area (Å²) in [5, 5.41) is 34.7. The predicted molar refractivity (Wildman–Crippen MR) is 187 cm³/mol. The Kier molecular flexibility index (Phi) is 11.5. The van der Waals surface area contributed by atoms with Crippen LogP contribution >= 0.6 is 0 Å². The van der Waals surface area contributed by atoms with Gasteiger partial charge < -0.3 is 35.4 Å². The number of aliphatic hydroxyl groups excluding tert-OH is 1. The molecule has 258 valence electrons. The zero-order valence-electron chi connectivity index (χ0n) is 27.7. The number of piperidine rings is 1. The Morgan fingerprint density at radius 2 is 1.69 bits per heavy atom. The van der Waals surface area contributed by atoms with Crippen molar-refractivity contribution in [3.05, 3.63) is 111 Å². The van der Waals surface area contributed by atoms with Crippen LogP contribution in [-0.4, -0.2) is 87.2 Å². The van der Waals surface area contributed by atoms with Crippen molar-refractivity contribution in [1.29, 1.82) is 0 Å². The molecule has 49 heavy (non-hydrogen) atoms. The van der Waals surface area contributed by atoms with Crippen LogP contribution in [0.5, 0.6) is 5.75 Å². The van der Waals surface area contributed by atoms with Crippen LogP contribution in [0, 0.1) is 0 Å². The highest BCUT2D eigenvalue weighted by molar-refractivity contribution is 5.94. The maximum Gasteiger partial charge on any atom is 0.314 e. The average molecular weight is 669 g/mol. The number of nitrogens with zero attached hydrogens (tertiary/aromatic N) is 2. The molecule has 4 aromatic rings. The van der Waals surface area contributed by atoms with Crippen LogP contribution in [0.25, 0.3) is 10.9 Å². The van der Waals surface area contributed by atoms with E-state index in [0.29, 0.717) is 81.3 Å². The number of aliphatic carboxylic acids is 1. The van der Waals surface area contributed by atoms with Gasteiger partial charge in [0.1, 0.15) is 5.75 Å². The highest BCUT2D eigenvalue weighted by Gasteiger charge is 2.43. The molecule has 5 rings (SSSR count). The van der Waals surface area contributed by atoms with Crippen molar-refractivity contribution >= 4 is 28.7 Å². The quantitative estimate of drug-likeness (QED) is 0.126. The molecule has 1 fully saturated rings. The summed E-state index contributed by atoms with van der Waals surface area (Å²) in [6, 6.07) is 22.6. The fourth-order valence-electron chi connectivity index (χ4n) is 6.62. The van der Waals surface area contributed by atoms with Crippen molar-refractivity contribution in [2.75, 3.05) is 39.3 Å². The number of aromatic hydroxyl groups is 1. The van der Waals surface area contributed by atoms with Gasteiger partial charge in [-0.2, -0.15) is 0 Å². The molecule has 2 heterocycles. The molecular weight excluding hydrogens is 624 g/mol. The molecule has 1 aliphatic rings. The summed E-state index contributed by atoms with van der Waals surface area (Å²) in [6.07, 6.45) is 1.40. The fourth-order valence-corrected chi connectivity index (χ4v) is 6.62. The molecule has 1 aliphatic heterocycles. The number of H-pyrrole nitrogens is 1. The van der Waals surface area contributed by atoms with Gasteiger partial charge in [0.25, 0.3) is 5.91 Å². The summed E-state index contributed by atoms with van der Waals surface area (Å²) in [7, 11) is 0. The first kappa shape index (κ1) is 35.3. The second-order valence-electron chi connectivity index (χ2n) is 12.6. The Morgan fingerprint density at radius 3 is 2.37 bits per heavy atom. The molecule has 0 bridgehead atoms. The van der Waals surface area contributed by atoms with E-state index in [1.807, 2.05) is 49.4 Å². The van der Waals surface area contributed by atoms with Crippen LogP contribution in [0.3, 0.4) is 0 Å². The summed E-state index contributed by atoms with van der Waals surface area (Å²) >= 11 is 0. The number of benzene rings is 3. The molecule has 0 saturated carbocycles. The molecule has 2 amide bonds. The number of fused-ring (bicyclic) bond motifs is 1. The van der Waals surface area contributed by atoms with Crippen molar-refractivity contribution in [3.8, 4) is 5.75 Å². The maximum atomic E-state index is 13.2. The lowest BCUT2D eigenvalue weighted by molar-refractivity contribution is -0.148. The minimum atomic E-state index is -0.972. The number of aromatic nitrogens is 1. The first-order valence-electron chi connectivity index (χ1n) is 16.8. The number of carbonyl (C=O) groups is 3. The summed E-state index contributed by atoms with van der Waals surface area (Å²) < 4.78 is 0. The third-order valence-electron chi connectivity index (χ3n) is 9.59. The van der Waals surface area contributed by atoms with E-state index in [0.717, 1.165) is 11.1 Å². The average Bonchev–Trinajstić information content (AvgIpc) is 3.12. The Bertz CT molecular complexity index is 1820. The van der Waals surface area contributed by atoms with Gasteiger partial charge in [-0.25, -0.2) is 0 Å². The summed E-state index contributed by atoms with van der Waals surface area (Å²) in [4.78, 5) is 56.2. The monoisotopic (exact) mass is 668 g/mol. The highest BCUT2D eigenvalue weighted by atomic mass is 16.4. The van der Waals surface area contributed by atoms with E-state index < -0.39 is 17.5 Å². The molecule has 11 nitrogen and oxygen atoms in total. The number of aromatic amines is 1. The van der Waals surface area contributed by atoms with Gasteiger partial charge in [-0.3, -0.25) is 19.2 Å². The second kappa shape index (κ2) is 15.9. The van der Waals surface area contributed by atoms with Crippen LogP contribution in [0.1, 0.15) is 65.8 Å². The Hall–Kier alpha value is -5.00. The van der Waals surface area contributed by atoms with E-state index >= 15 is 0 Å². The number of nitrogens with one attached hydrogen (secondary N) is 2. The highest BCUT2D eigenvalue weighted by Crippen LogP contribution is 2.36. The van der Waals surface area contributed by atoms with Crippen molar-refractivity contribution in [2.45, 2.75) is 50.5 Å². The molecule has 11 heteroatoms. The van der Waals surface area contributed by atoms with Crippen molar-refractivity contribution in [3.63, 3.8) is 0 Å². The van der Waals surface area contributed by atoms with E-state index in [4.69, 9.17) is 0 Å². The largest absolute Gasteiger partial charge is 0.506 e. The molecule has 1 saturated heterocycles. The number of aliphatic hydroxyl groups is 1. The number of likely N-dealkylation sites (tertiary alicyclic amines) is 1. The number of amides is 2. The van der Waals surface area contributed by atoms with Crippen molar-refractivity contribution in [2.24, 2.45) is 0 Å². The van der Waals surface area contributed by atoms with Crippen molar-refractivity contribution in [1.82, 2.24) is 20.1 Å². The van der Waals surface area contributed by atoms with Crippen LogP contribution in [-0.2, 0) is 21.4 Å². The van der Waals surface area contributed by atoms with Gasteiger partial charge in [0.05, 0.1) is 17.0 Å². The van der Waals surface area contributed by atoms with Gasteiger partial charge in [-0.1, -0.05) is 48.5 Å². The number of carboxylic acids is 1. The van der Waals surface area contributed by atoms with Gasteiger partial charge in [0.2, 0.25) is 11.5 Å². The zero-order chi connectivity index (χ0) is 35.0. The zero-order valence-corrected chi connectivity index (χ0v) is 27.7. The van der Waals surface area contributed by atoms with Crippen LogP contribution in [0.15, 0.2) is 83.7 Å². The molecule has 1 atom stereocenters. The number of carbonyl (C=O) groups excluding carboxylic acids is 2. The number of hydrogen-bond acceptors (Lipinski definition) is 7. The third-order valence-corrected chi connectivity index (χ3v) is 9.59.